The summed E-state index contributed by atoms with van der Waals surface area (Å²) in [5.41, 5.74) is 7.24. The summed E-state index contributed by atoms with van der Waals surface area (Å²) >= 11 is 1.79. The molecule has 1 unspecified atom stereocenters. The minimum atomic E-state index is 0.123. The molecule has 1 aromatic carbocycles. The lowest BCUT2D eigenvalue weighted by atomic mass is 10.2. The lowest BCUT2D eigenvalue weighted by Gasteiger charge is -2.11. The molecule has 90 valence electrons. The largest absolute Gasteiger partial charge is 0.380 e. The van der Waals surface area contributed by atoms with Gasteiger partial charge in [-0.15, -0.1) is 11.8 Å². The van der Waals surface area contributed by atoms with E-state index < -0.39 is 0 Å². The highest BCUT2D eigenvalue weighted by atomic mass is 32.2. The van der Waals surface area contributed by atoms with Crippen LogP contribution in [0.25, 0.3) is 0 Å². The summed E-state index contributed by atoms with van der Waals surface area (Å²) in [4.78, 5) is 1.27. The van der Waals surface area contributed by atoms with Crippen LogP contribution in [0.2, 0.25) is 0 Å². The monoisotopic (exact) mass is 239 g/mol. The Balaban J connectivity index is 2.20. The molecule has 0 aromatic heterocycles. The smallest absolute Gasteiger partial charge is 0.0625 e. The number of thioether (sulfide) groups is 1. The van der Waals surface area contributed by atoms with E-state index in [1.165, 1.54) is 10.5 Å². The summed E-state index contributed by atoms with van der Waals surface area (Å²) in [6.45, 7) is 5.67. The average molecular weight is 239 g/mol. The Morgan fingerprint density at radius 1 is 1.31 bits per heavy atom. The predicted molar refractivity (Wildman–Crippen MR) is 71.0 cm³/mol. The van der Waals surface area contributed by atoms with Crippen molar-refractivity contribution in [2.75, 3.05) is 19.0 Å². The maximum Gasteiger partial charge on any atom is 0.0625 e. The zero-order chi connectivity index (χ0) is 11.8. The molecule has 0 aliphatic heterocycles. The molecule has 0 saturated carbocycles. The molecular formula is C13H21NOS. The van der Waals surface area contributed by atoms with E-state index in [1.807, 2.05) is 0 Å². The molecular weight excluding hydrogens is 218 g/mol. The van der Waals surface area contributed by atoms with Crippen LogP contribution in [0.5, 0.6) is 0 Å². The second-order valence-corrected chi connectivity index (χ2v) is 5.05. The van der Waals surface area contributed by atoms with Crippen LogP contribution < -0.4 is 5.73 Å². The van der Waals surface area contributed by atoms with E-state index in [4.69, 9.17) is 10.5 Å². The van der Waals surface area contributed by atoms with Gasteiger partial charge in [0.05, 0.1) is 6.61 Å². The molecule has 1 aromatic rings. The molecule has 2 nitrogen and oxygen atoms in total. The van der Waals surface area contributed by atoms with Crippen LogP contribution in [0, 0.1) is 6.92 Å². The van der Waals surface area contributed by atoms with Gasteiger partial charge in [-0.25, -0.2) is 0 Å². The third-order valence-corrected chi connectivity index (χ3v) is 3.37. The lowest BCUT2D eigenvalue weighted by Crippen LogP contribution is -2.28. The van der Waals surface area contributed by atoms with E-state index in [1.54, 1.807) is 11.8 Å². The molecule has 0 radical (unpaired) electrons. The van der Waals surface area contributed by atoms with E-state index in [0.29, 0.717) is 6.61 Å². The van der Waals surface area contributed by atoms with E-state index in [9.17, 15) is 0 Å². The molecule has 1 rings (SSSR count). The molecule has 0 aliphatic carbocycles. The van der Waals surface area contributed by atoms with E-state index >= 15 is 0 Å². The van der Waals surface area contributed by atoms with Crippen molar-refractivity contribution >= 4 is 11.8 Å². The van der Waals surface area contributed by atoms with Crippen molar-refractivity contribution in [3.8, 4) is 0 Å². The lowest BCUT2D eigenvalue weighted by molar-refractivity contribution is 0.126. The Bertz CT molecular complexity index is 286. The van der Waals surface area contributed by atoms with Gasteiger partial charge in [0.25, 0.3) is 0 Å². The SMILES string of the molecule is CCCOCC(N)CSc1ccc(C)cc1. The zero-order valence-corrected chi connectivity index (χ0v) is 10.9. The topological polar surface area (TPSA) is 35.2 Å². The van der Waals surface area contributed by atoms with Crippen molar-refractivity contribution in [3.05, 3.63) is 29.8 Å². The van der Waals surface area contributed by atoms with Crippen LogP contribution in [0.3, 0.4) is 0 Å². The second kappa shape index (κ2) is 7.71. The summed E-state index contributed by atoms with van der Waals surface area (Å²) in [7, 11) is 0. The highest BCUT2D eigenvalue weighted by Crippen LogP contribution is 2.18. The van der Waals surface area contributed by atoms with Gasteiger partial charge in [0.2, 0.25) is 0 Å². The summed E-state index contributed by atoms with van der Waals surface area (Å²) in [6.07, 6.45) is 1.05. The summed E-state index contributed by atoms with van der Waals surface area (Å²) < 4.78 is 5.41. The van der Waals surface area contributed by atoms with Crippen molar-refractivity contribution in [2.24, 2.45) is 5.73 Å². The van der Waals surface area contributed by atoms with Gasteiger partial charge in [0.1, 0.15) is 0 Å². The van der Waals surface area contributed by atoms with Crippen molar-refractivity contribution in [1.82, 2.24) is 0 Å². The van der Waals surface area contributed by atoms with Crippen LogP contribution in [-0.2, 0) is 4.74 Å². The first-order chi connectivity index (χ1) is 7.72. The van der Waals surface area contributed by atoms with Crippen molar-refractivity contribution in [1.29, 1.82) is 0 Å². The van der Waals surface area contributed by atoms with E-state index in [0.717, 1.165) is 18.8 Å². The number of hydrogen-bond donors (Lipinski definition) is 1. The summed E-state index contributed by atoms with van der Waals surface area (Å²) in [5, 5.41) is 0. The van der Waals surface area contributed by atoms with Crippen LogP contribution in [0.1, 0.15) is 18.9 Å². The molecule has 0 fully saturated rings. The van der Waals surface area contributed by atoms with Crippen molar-refractivity contribution in [3.63, 3.8) is 0 Å². The Hall–Kier alpha value is -0.510. The van der Waals surface area contributed by atoms with E-state index in [-0.39, 0.29) is 6.04 Å². The first-order valence-electron chi connectivity index (χ1n) is 5.75. The molecule has 0 heterocycles. The number of benzene rings is 1. The molecule has 0 amide bonds. The minimum Gasteiger partial charge on any atom is -0.380 e. The Morgan fingerprint density at radius 2 is 2.00 bits per heavy atom. The van der Waals surface area contributed by atoms with Gasteiger partial charge in [0, 0.05) is 23.3 Å². The first-order valence-corrected chi connectivity index (χ1v) is 6.73. The maximum atomic E-state index is 5.95. The molecule has 0 aliphatic rings. The first kappa shape index (κ1) is 13.6. The van der Waals surface area contributed by atoms with Gasteiger partial charge >= 0.3 is 0 Å². The number of nitrogens with two attached hydrogens (primary N) is 1. The molecule has 0 spiro atoms. The quantitative estimate of drug-likeness (QED) is 0.587. The predicted octanol–water partition coefficient (Wildman–Crippen LogP) is 2.84. The highest BCUT2D eigenvalue weighted by Gasteiger charge is 2.03. The van der Waals surface area contributed by atoms with Crippen LogP contribution >= 0.6 is 11.8 Å². The number of ether oxygens (including phenoxy) is 1. The molecule has 1 atom stereocenters. The zero-order valence-electron chi connectivity index (χ0n) is 10.1. The van der Waals surface area contributed by atoms with Gasteiger partial charge < -0.3 is 10.5 Å². The fraction of sp³-hybridized carbons (Fsp3) is 0.538. The van der Waals surface area contributed by atoms with Gasteiger partial charge in [-0.2, -0.15) is 0 Å². The number of rotatable bonds is 7. The Morgan fingerprint density at radius 3 is 2.62 bits per heavy atom. The number of hydrogen-bond acceptors (Lipinski definition) is 3. The average Bonchev–Trinajstić information content (AvgIpc) is 2.29. The highest BCUT2D eigenvalue weighted by molar-refractivity contribution is 7.99. The van der Waals surface area contributed by atoms with Gasteiger partial charge in [-0.1, -0.05) is 24.6 Å². The second-order valence-electron chi connectivity index (χ2n) is 3.96. The molecule has 0 saturated heterocycles. The molecule has 0 bridgehead atoms. The molecule has 2 N–H and O–H groups in total. The van der Waals surface area contributed by atoms with Crippen LogP contribution in [0.15, 0.2) is 29.2 Å². The van der Waals surface area contributed by atoms with Crippen molar-refractivity contribution in [2.45, 2.75) is 31.2 Å². The molecule has 16 heavy (non-hydrogen) atoms. The van der Waals surface area contributed by atoms with Crippen LogP contribution in [0.4, 0.5) is 0 Å². The Kier molecular flexibility index (Phi) is 6.53. The van der Waals surface area contributed by atoms with Gasteiger partial charge in [-0.05, 0) is 25.5 Å². The standard InChI is InChI=1S/C13H21NOS/c1-3-8-15-9-12(14)10-16-13-6-4-11(2)5-7-13/h4-7,12H,3,8-10,14H2,1-2H3. The van der Waals surface area contributed by atoms with Gasteiger partial charge in [0.15, 0.2) is 0 Å². The Labute approximate surface area is 103 Å². The third kappa shape index (κ3) is 5.54. The fourth-order valence-electron chi connectivity index (χ4n) is 1.26. The summed E-state index contributed by atoms with van der Waals surface area (Å²) in [6, 6.07) is 8.65. The maximum absolute atomic E-state index is 5.95. The van der Waals surface area contributed by atoms with E-state index in [2.05, 4.69) is 38.1 Å². The third-order valence-electron chi connectivity index (χ3n) is 2.17. The van der Waals surface area contributed by atoms with Crippen molar-refractivity contribution < 1.29 is 4.74 Å². The van der Waals surface area contributed by atoms with Gasteiger partial charge in [-0.3, -0.25) is 0 Å². The normalized spacial score (nSPS) is 12.7. The molecule has 3 heteroatoms. The van der Waals surface area contributed by atoms with Crippen LogP contribution in [-0.4, -0.2) is 25.0 Å². The minimum absolute atomic E-state index is 0.123. The fourth-order valence-corrected chi connectivity index (χ4v) is 2.10. The summed E-state index contributed by atoms with van der Waals surface area (Å²) in [5.74, 6) is 0.909. The number of aryl methyl sites for hydroxylation is 1.